The van der Waals surface area contributed by atoms with E-state index in [0.717, 1.165) is 50.9 Å². The second-order valence-corrected chi connectivity index (χ2v) is 12.8. The zero-order chi connectivity index (χ0) is 28.0. The standard InChI is InChI=1S/C32H41N5O3/c1-4-21-13-20(2)16-32(3,17-21)28-15-25(34-35-28)19-36-11-9-22(10-12-36)23-5-6-26-24(14-23)18-37(31(26)40)27-7-8-29(38)33-30(27)39/h5-6,14-15,21-22,27H,2,4,7-13,16-19H2,1,3H3,(H,34,35)(H,33,38,39)/t21-,27?,32?/m1/s1. The van der Waals surface area contributed by atoms with Gasteiger partial charge in [-0.05, 0) is 86.7 Å². The van der Waals surface area contributed by atoms with Crippen LogP contribution in [0, 0.1) is 5.92 Å². The van der Waals surface area contributed by atoms with Crippen molar-refractivity contribution in [3.05, 3.63) is 64.5 Å². The van der Waals surface area contributed by atoms with Crippen molar-refractivity contribution in [2.75, 3.05) is 13.1 Å². The number of hydrogen-bond donors (Lipinski definition) is 2. The fourth-order valence-corrected chi connectivity index (χ4v) is 7.56. The van der Waals surface area contributed by atoms with Crippen LogP contribution in [0.5, 0.6) is 0 Å². The van der Waals surface area contributed by atoms with Crippen molar-refractivity contribution in [3.63, 3.8) is 0 Å². The molecule has 4 aliphatic rings. The van der Waals surface area contributed by atoms with Crippen LogP contribution < -0.4 is 5.32 Å². The summed E-state index contributed by atoms with van der Waals surface area (Å²) in [5.74, 6) is 0.418. The predicted octanol–water partition coefficient (Wildman–Crippen LogP) is 4.57. The molecule has 1 aliphatic carbocycles. The van der Waals surface area contributed by atoms with Gasteiger partial charge in [0.2, 0.25) is 11.8 Å². The summed E-state index contributed by atoms with van der Waals surface area (Å²) in [5, 5.41) is 10.5. The van der Waals surface area contributed by atoms with E-state index >= 15 is 0 Å². The monoisotopic (exact) mass is 543 g/mol. The summed E-state index contributed by atoms with van der Waals surface area (Å²) in [6, 6.07) is 7.90. The molecule has 3 aliphatic heterocycles. The molecule has 3 amide bonds. The number of amides is 3. The molecule has 3 atom stereocenters. The molecule has 0 spiro atoms. The number of rotatable bonds is 6. The number of nitrogens with zero attached hydrogens (tertiary/aromatic N) is 3. The zero-order valence-corrected chi connectivity index (χ0v) is 23.8. The number of imide groups is 1. The molecule has 2 N–H and O–H groups in total. The number of nitrogens with one attached hydrogen (secondary N) is 2. The van der Waals surface area contributed by atoms with Crippen molar-refractivity contribution >= 4 is 17.7 Å². The van der Waals surface area contributed by atoms with Crippen molar-refractivity contribution in [2.24, 2.45) is 5.92 Å². The highest BCUT2D eigenvalue weighted by Gasteiger charge is 2.40. The van der Waals surface area contributed by atoms with Crippen LogP contribution in [-0.4, -0.2) is 56.9 Å². The van der Waals surface area contributed by atoms with E-state index in [4.69, 9.17) is 5.10 Å². The Morgan fingerprint density at radius 1 is 1.12 bits per heavy atom. The summed E-state index contributed by atoms with van der Waals surface area (Å²) < 4.78 is 0. The van der Waals surface area contributed by atoms with Crippen LogP contribution in [0.1, 0.15) is 104 Å². The van der Waals surface area contributed by atoms with E-state index in [-0.39, 0.29) is 29.6 Å². The maximum absolute atomic E-state index is 13.0. The van der Waals surface area contributed by atoms with E-state index in [0.29, 0.717) is 30.4 Å². The summed E-state index contributed by atoms with van der Waals surface area (Å²) in [5.41, 5.74) is 6.73. The number of H-pyrrole nitrogens is 1. The van der Waals surface area contributed by atoms with E-state index in [1.807, 2.05) is 6.07 Å². The van der Waals surface area contributed by atoms with Crippen LogP contribution in [0.2, 0.25) is 0 Å². The van der Waals surface area contributed by atoms with Crippen molar-refractivity contribution in [2.45, 2.75) is 95.7 Å². The SMILES string of the molecule is C=C1C[C@@H](CC)CC(C)(c2cc(CN3CCC(c4ccc5c(c4)CN(C4CCC(=O)NC4=O)C5=O)CC3)[nH]n2)C1. The molecule has 1 aromatic carbocycles. The quantitative estimate of drug-likeness (QED) is 0.411. The number of aromatic nitrogens is 2. The van der Waals surface area contributed by atoms with E-state index < -0.39 is 6.04 Å². The van der Waals surface area contributed by atoms with Crippen LogP contribution in [-0.2, 0) is 28.1 Å². The van der Waals surface area contributed by atoms with Gasteiger partial charge >= 0.3 is 0 Å². The fourth-order valence-electron chi connectivity index (χ4n) is 7.56. The van der Waals surface area contributed by atoms with Gasteiger partial charge in [-0.3, -0.25) is 29.7 Å². The minimum Gasteiger partial charge on any atom is -0.322 e. The zero-order valence-electron chi connectivity index (χ0n) is 23.8. The topological polar surface area (TPSA) is 98.4 Å². The Hall–Kier alpha value is -3.26. The van der Waals surface area contributed by atoms with E-state index in [1.165, 1.54) is 35.4 Å². The molecule has 6 rings (SSSR count). The molecule has 2 aromatic rings. The lowest BCUT2D eigenvalue weighted by atomic mass is 9.67. The predicted molar refractivity (Wildman–Crippen MR) is 152 cm³/mol. The molecule has 1 saturated carbocycles. The van der Waals surface area contributed by atoms with E-state index in [1.54, 1.807) is 4.90 Å². The van der Waals surface area contributed by atoms with Gasteiger partial charge in [-0.1, -0.05) is 44.6 Å². The highest BCUT2D eigenvalue weighted by molar-refractivity contribution is 6.05. The number of hydrogen-bond acceptors (Lipinski definition) is 5. The van der Waals surface area contributed by atoms with Crippen LogP contribution in [0.15, 0.2) is 36.4 Å². The first-order chi connectivity index (χ1) is 19.2. The highest BCUT2D eigenvalue weighted by Crippen LogP contribution is 2.44. The Balaban J connectivity index is 1.05. The molecule has 8 heteroatoms. The number of aromatic amines is 1. The van der Waals surface area contributed by atoms with Gasteiger partial charge in [-0.15, -0.1) is 0 Å². The normalized spacial score (nSPS) is 28.2. The van der Waals surface area contributed by atoms with Crippen LogP contribution in [0.3, 0.4) is 0 Å². The number of allylic oxidation sites excluding steroid dienone is 1. The molecule has 0 radical (unpaired) electrons. The summed E-state index contributed by atoms with van der Waals surface area (Å²) in [6.45, 7) is 12.3. The molecule has 8 nitrogen and oxygen atoms in total. The molecule has 3 fully saturated rings. The lowest BCUT2D eigenvalue weighted by Gasteiger charge is -2.38. The van der Waals surface area contributed by atoms with Crippen molar-refractivity contribution in [1.29, 1.82) is 0 Å². The fraction of sp³-hybridized carbons (Fsp3) is 0.562. The molecular formula is C32H41N5O3. The molecule has 212 valence electrons. The van der Waals surface area contributed by atoms with Gasteiger partial charge in [0.25, 0.3) is 5.91 Å². The van der Waals surface area contributed by atoms with Gasteiger partial charge in [-0.25, -0.2) is 0 Å². The summed E-state index contributed by atoms with van der Waals surface area (Å²) in [6.07, 6.45) is 7.35. The molecule has 2 unspecified atom stereocenters. The van der Waals surface area contributed by atoms with Gasteiger partial charge < -0.3 is 4.90 Å². The van der Waals surface area contributed by atoms with Crippen molar-refractivity contribution < 1.29 is 14.4 Å². The average Bonchev–Trinajstić information content (AvgIpc) is 3.53. The molecule has 40 heavy (non-hydrogen) atoms. The molecule has 1 aromatic heterocycles. The van der Waals surface area contributed by atoms with Crippen LogP contribution >= 0.6 is 0 Å². The van der Waals surface area contributed by atoms with Crippen molar-refractivity contribution in [1.82, 2.24) is 25.3 Å². The van der Waals surface area contributed by atoms with E-state index in [9.17, 15) is 14.4 Å². The Morgan fingerprint density at radius 2 is 1.93 bits per heavy atom. The first-order valence-corrected chi connectivity index (χ1v) is 14.9. The Labute approximate surface area is 236 Å². The minimum absolute atomic E-state index is 0.0699. The van der Waals surface area contributed by atoms with Crippen LogP contribution in [0.25, 0.3) is 0 Å². The Bertz CT molecular complexity index is 1340. The first-order valence-electron chi connectivity index (χ1n) is 14.9. The third-order valence-electron chi connectivity index (χ3n) is 9.78. The molecule has 2 saturated heterocycles. The molecular weight excluding hydrogens is 502 g/mol. The van der Waals surface area contributed by atoms with Gasteiger partial charge in [-0.2, -0.15) is 5.10 Å². The Morgan fingerprint density at radius 3 is 2.67 bits per heavy atom. The van der Waals surface area contributed by atoms with Gasteiger partial charge in [0.15, 0.2) is 0 Å². The van der Waals surface area contributed by atoms with E-state index in [2.05, 4.69) is 53.9 Å². The smallest absolute Gasteiger partial charge is 0.255 e. The summed E-state index contributed by atoms with van der Waals surface area (Å²) >= 11 is 0. The van der Waals surface area contributed by atoms with Crippen LogP contribution in [0.4, 0.5) is 0 Å². The van der Waals surface area contributed by atoms with Gasteiger partial charge in [0.05, 0.1) is 5.69 Å². The maximum atomic E-state index is 13.0. The maximum Gasteiger partial charge on any atom is 0.255 e. The third-order valence-corrected chi connectivity index (χ3v) is 9.78. The van der Waals surface area contributed by atoms with Gasteiger partial charge in [0.1, 0.15) is 6.04 Å². The highest BCUT2D eigenvalue weighted by atomic mass is 16.2. The third kappa shape index (κ3) is 5.14. The minimum atomic E-state index is -0.570. The summed E-state index contributed by atoms with van der Waals surface area (Å²) in [4.78, 5) is 41.1. The lowest BCUT2D eigenvalue weighted by molar-refractivity contribution is -0.136. The molecule has 0 bridgehead atoms. The Kier molecular flexibility index (Phi) is 7.15. The first kappa shape index (κ1) is 26.9. The largest absolute Gasteiger partial charge is 0.322 e. The van der Waals surface area contributed by atoms with Gasteiger partial charge in [0, 0.05) is 36.2 Å². The number of likely N-dealkylation sites (tertiary alicyclic amines) is 1. The second-order valence-electron chi connectivity index (χ2n) is 12.8. The summed E-state index contributed by atoms with van der Waals surface area (Å²) in [7, 11) is 0. The average molecular weight is 544 g/mol. The number of carbonyl (C=O) groups is 3. The molecule has 4 heterocycles. The number of benzene rings is 1. The lowest BCUT2D eigenvalue weighted by Crippen LogP contribution is -2.52. The number of fused-ring (bicyclic) bond motifs is 1. The second kappa shape index (κ2) is 10.6. The number of piperidine rings is 2. The van der Waals surface area contributed by atoms with Crippen molar-refractivity contribution in [3.8, 4) is 0 Å². The number of carbonyl (C=O) groups excluding carboxylic acids is 3.